The Hall–Kier alpha value is -2.12. The molecule has 1 aromatic carbocycles. The smallest absolute Gasteiger partial charge is 0.137 e. The van der Waals surface area contributed by atoms with Gasteiger partial charge in [0, 0.05) is 18.0 Å². The molecule has 0 atom stereocenters. The van der Waals surface area contributed by atoms with E-state index in [1.54, 1.807) is 6.07 Å². The van der Waals surface area contributed by atoms with Crippen LogP contribution in [-0.4, -0.2) is 9.97 Å². The molecule has 1 fully saturated rings. The van der Waals surface area contributed by atoms with E-state index in [0.29, 0.717) is 23.2 Å². The van der Waals surface area contributed by atoms with Gasteiger partial charge in [-0.1, -0.05) is 23.7 Å². The first-order chi connectivity index (χ1) is 10.2. The van der Waals surface area contributed by atoms with E-state index in [1.807, 2.05) is 25.1 Å². The van der Waals surface area contributed by atoms with Crippen LogP contribution in [-0.2, 0) is 6.54 Å². The maximum atomic E-state index is 8.92. The highest BCUT2D eigenvalue weighted by Gasteiger charge is 2.27. The molecule has 1 N–H and O–H groups in total. The van der Waals surface area contributed by atoms with Gasteiger partial charge in [0.2, 0.25) is 0 Å². The molecule has 0 radical (unpaired) electrons. The Morgan fingerprint density at radius 2 is 2.19 bits per heavy atom. The molecule has 1 heterocycles. The van der Waals surface area contributed by atoms with Crippen LogP contribution in [0.15, 0.2) is 24.3 Å². The van der Waals surface area contributed by atoms with Crippen molar-refractivity contribution >= 4 is 17.4 Å². The summed E-state index contributed by atoms with van der Waals surface area (Å²) in [5.74, 6) is 2.07. The lowest BCUT2D eigenvalue weighted by atomic mass is 10.1. The number of nitrogens with zero attached hydrogens (tertiary/aromatic N) is 3. The molecule has 0 aliphatic heterocycles. The highest BCUT2D eigenvalue weighted by molar-refractivity contribution is 6.30. The molecule has 3 rings (SSSR count). The second-order valence-corrected chi connectivity index (χ2v) is 5.64. The van der Waals surface area contributed by atoms with E-state index in [9.17, 15) is 0 Å². The summed E-state index contributed by atoms with van der Waals surface area (Å²) in [6.07, 6.45) is 2.28. The van der Waals surface area contributed by atoms with Crippen LogP contribution in [0, 0.1) is 18.3 Å². The summed E-state index contributed by atoms with van der Waals surface area (Å²) in [7, 11) is 0. The Kier molecular flexibility index (Phi) is 3.76. The second-order valence-electron chi connectivity index (χ2n) is 5.29. The van der Waals surface area contributed by atoms with Crippen LogP contribution in [0.25, 0.3) is 0 Å². The highest BCUT2D eigenvalue weighted by atomic mass is 35.5. The second kappa shape index (κ2) is 5.71. The summed E-state index contributed by atoms with van der Waals surface area (Å²) in [6, 6.07) is 9.66. The van der Waals surface area contributed by atoms with Crippen LogP contribution < -0.4 is 5.32 Å². The molecule has 1 saturated carbocycles. The average Bonchev–Trinajstić information content (AvgIpc) is 3.33. The highest BCUT2D eigenvalue weighted by Crippen LogP contribution is 2.39. The molecular formula is C16H15ClN4. The van der Waals surface area contributed by atoms with Gasteiger partial charge in [-0.2, -0.15) is 5.26 Å². The fourth-order valence-corrected chi connectivity index (χ4v) is 2.31. The molecule has 2 aromatic rings. The van der Waals surface area contributed by atoms with Gasteiger partial charge < -0.3 is 5.32 Å². The van der Waals surface area contributed by atoms with Crippen LogP contribution >= 0.6 is 11.6 Å². The lowest BCUT2D eigenvalue weighted by Crippen LogP contribution is -2.07. The van der Waals surface area contributed by atoms with E-state index in [2.05, 4.69) is 21.4 Å². The van der Waals surface area contributed by atoms with Crippen molar-refractivity contribution in [1.29, 1.82) is 5.26 Å². The number of nitriles is 1. The molecule has 5 heteroatoms. The maximum Gasteiger partial charge on any atom is 0.137 e. The summed E-state index contributed by atoms with van der Waals surface area (Å²) in [4.78, 5) is 8.93. The molecule has 1 aliphatic rings. The third kappa shape index (κ3) is 3.14. The molecule has 4 nitrogen and oxygen atoms in total. The Bertz CT molecular complexity index is 717. The normalized spacial score (nSPS) is 13.8. The van der Waals surface area contributed by atoms with E-state index in [4.69, 9.17) is 16.9 Å². The zero-order valence-corrected chi connectivity index (χ0v) is 12.5. The van der Waals surface area contributed by atoms with Crippen molar-refractivity contribution in [1.82, 2.24) is 9.97 Å². The van der Waals surface area contributed by atoms with Crippen molar-refractivity contribution in [3.8, 4) is 6.07 Å². The number of halogens is 1. The Morgan fingerprint density at radius 1 is 1.38 bits per heavy atom. The van der Waals surface area contributed by atoms with Crippen LogP contribution in [0.5, 0.6) is 0 Å². The monoisotopic (exact) mass is 298 g/mol. The Balaban J connectivity index is 1.79. The topological polar surface area (TPSA) is 61.6 Å². The van der Waals surface area contributed by atoms with E-state index in [0.717, 1.165) is 35.6 Å². The zero-order chi connectivity index (χ0) is 14.8. The Morgan fingerprint density at radius 3 is 2.90 bits per heavy atom. The van der Waals surface area contributed by atoms with E-state index in [1.165, 1.54) is 0 Å². The molecule has 21 heavy (non-hydrogen) atoms. The minimum atomic E-state index is 0.463. The SMILES string of the molecule is Cc1c(Cl)nc(C2CC2)nc1NCc1cccc(C#N)c1. The van der Waals surface area contributed by atoms with Crippen molar-refractivity contribution in [2.75, 3.05) is 5.32 Å². The van der Waals surface area contributed by atoms with Gasteiger partial charge in [-0.15, -0.1) is 0 Å². The van der Waals surface area contributed by atoms with Crippen molar-refractivity contribution in [3.63, 3.8) is 0 Å². The van der Waals surface area contributed by atoms with Crippen molar-refractivity contribution in [2.45, 2.75) is 32.2 Å². The molecule has 0 saturated heterocycles. The van der Waals surface area contributed by atoms with Gasteiger partial charge in [0.25, 0.3) is 0 Å². The molecule has 1 aliphatic carbocycles. The van der Waals surface area contributed by atoms with Gasteiger partial charge in [-0.05, 0) is 37.5 Å². The first-order valence-electron chi connectivity index (χ1n) is 6.94. The summed E-state index contributed by atoms with van der Waals surface area (Å²) in [5, 5.41) is 12.7. The predicted molar refractivity (Wildman–Crippen MR) is 82.2 cm³/mol. The first-order valence-corrected chi connectivity index (χ1v) is 7.32. The van der Waals surface area contributed by atoms with Crippen molar-refractivity contribution in [3.05, 3.63) is 51.9 Å². The predicted octanol–water partition coefficient (Wildman–Crippen LogP) is 3.80. The number of hydrogen-bond acceptors (Lipinski definition) is 4. The van der Waals surface area contributed by atoms with Crippen molar-refractivity contribution in [2.24, 2.45) is 0 Å². The van der Waals surface area contributed by atoms with Gasteiger partial charge in [-0.3, -0.25) is 0 Å². The molecule has 106 valence electrons. The summed E-state index contributed by atoms with van der Waals surface area (Å²) in [5.41, 5.74) is 2.55. The maximum absolute atomic E-state index is 8.92. The number of anilines is 1. The van der Waals surface area contributed by atoms with Gasteiger partial charge >= 0.3 is 0 Å². The molecule has 1 aromatic heterocycles. The quantitative estimate of drug-likeness (QED) is 0.872. The van der Waals surface area contributed by atoms with E-state index >= 15 is 0 Å². The average molecular weight is 299 g/mol. The minimum Gasteiger partial charge on any atom is -0.366 e. The fourth-order valence-electron chi connectivity index (χ4n) is 2.14. The van der Waals surface area contributed by atoms with Crippen LogP contribution in [0.2, 0.25) is 5.15 Å². The first kappa shape index (κ1) is 13.8. The largest absolute Gasteiger partial charge is 0.366 e. The molecular weight excluding hydrogens is 284 g/mol. The lowest BCUT2D eigenvalue weighted by Gasteiger charge is -2.11. The number of hydrogen-bond donors (Lipinski definition) is 1. The molecule has 0 spiro atoms. The number of benzene rings is 1. The summed E-state index contributed by atoms with van der Waals surface area (Å²) < 4.78 is 0. The number of rotatable bonds is 4. The van der Waals surface area contributed by atoms with Gasteiger partial charge in [0.05, 0.1) is 11.6 Å². The third-order valence-corrected chi connectivity index (χ3v) is 3.93. The summed E-state index contributed by atoms with van der Waals surface area (Å²) in [6.45, 7) is 2.51. The molecule has 0 unspecified atom stereocenters. The van der Waals surface area contributed by atoms with Crippen LogP contribution in [0.1, 0.15) is 41.3 Å². The molecule has 0 amide bonds. The zero-order valence-electron chi connectivity index (χ0n) is 11.7. The van der Waals surface area contributed by atoms with E-state index in [-0.39, 0.29) is 0 Å². The standard InChI is InChI=1S/C16H15ClN4/c1-10-14(17)20-16(13-5-6-13)21-15(10)19-9-12-4-2-3-11(7-12)8-18/h2-4,7,13H,5-6,9H2,1H3,(H,19,20,21). The van der Waals surface area contributed by atoms with E-state index < -0.39 is 0 Å². The van der Waals surface area contributed by atoms with Gasteiger partial charge in [0.15, 0.2) is 0 Å². The minimum absolute atomic E-state index is 0.463. The summed E-state index contributed by atoms with van der Waals surface area (Å²) >= 11 is 6.19. The van der Waals surface area contributed by atoms with Gasteiger partial charge in [-0.25, -0.2) is 9.97 Å². The number of aromatic nitrogens is 2. The Labute approximate surface area is 128 Å². The van der Waals surface area contributed by atoms with Crippen LogP contribution in [0.3, 0.4) is 0 Å². The van der Waals surface area contributed by atoms with Crippen LogP contribution in [0.4, 0.5) is 5.82 Å². The fraction of sp³-hybridized carbons (Fsp3) is 0.312. The molecule has 0 bridgehead atoms. The third-order valence-electron chi connectivity index (χ3n) is 3.56. The lowest BCUT2D eigenvalue weighted by molar-refractivity contribution is 0.911. The number of nitrogens with one attached hydrogen (secondary N) is 1. The van der Waals surface area contributed by atoms with Crippen molar-refractivity contribution < 1.29 is 0 Å². The van der Waals surface area contributed by atoms with Gasteiger partial charge in [0.1, 0.15) is 16.8 Å².